The van der Waals surface area contributed by atoms with Crippen molar-refractivity contribution in [3.05, 3.63) is 87.4 Å². The van der Waals surface area contributed by atoms with Crippen molar-refractivity contribution >= 4 is 23.2 Å². The van der Waals surface area contributed by atoms with Crippen molar-refractivity contribution in [3.63, 3.8) is 0 Å². The minimum absolute atomic E-state index is 0.0354. The summed E-state index contributed by atoms with van der Waals surface area (Å²) in [6.07, 6.45) is 2.31. The van der Waals surface area contributed by atoms with Crippen molar-refractivity contribution in [2.45, 2.75) is 51.2 Å². The summed E-state index contributed by atoms with van der Waals surface area (Å²) in [6.45, 7) is 5.88. The van der Waals surface area contributed by atoms with Gasteiger partial charge in [0.25, 0.3) is 5.91 Å². The molecule has 2 amide bonds. The Morgan fingerprint density at radius 2 is 1.95 bits per heavy atom. The SMILES string of the molecule is CC(C)c1ccc(OCC2c3ccsc3CCN2C(=O)CN(CC2CCCO2)C(=O)c2ccccc2F)cc1. The Morgan fingerprint density at radius 1 is 1.15 bits per heavy atom. The summed E-state index contributed by atoms with van der Waals surface area (Å²) in [5.41, 5.74) is 2.29. The summed E-state index contributed by atoms with van der Waals surface area (Å²) in [6, 6.07) is 15.8. The van der Waals surface area contributed by atoms with E-state index < -0.39 is 11.7 Å². The van der Waals surface area contributed by atoms with Gasteiger partial charge in [-0.2, -0.15) is 0 Å². The average molecular weight is 551 g/mol. The number of fused-ring (bicyclic) bond motifs is 1. The highest BCUT2D eigenvalue weighted by Gasteiger charge is 2.35. The molecule has 1 saturated heterocycles. The Kier molecular flexibility index (Phi) is 8.63. The molecule has 0 spiro atoms. The Hall–Kier alpha value is -3.23. The van der Waals surface area contributed by atoms with Gasteiger partial charge < -0.3 is 19.3 Å². The van der Waals surface area contributed by atoms with Gasteiger partial charge in [0.1, 0.15) is 24.7 Å². The summed E-state index contributed by atoms with van der Waals surface area (Å²) in [5.74, 6) is -0.0862. The van der Waals surface area contributed by atoms with Gasteiger partial charge in [0.05, 0.1) is 17.7 Å². The molecule has 0 radical (unpaired) electrons. The zero-order chi connectivity index (χ0) is 27.4. The van der Waals surface area contributed by atoms with E-state index in [-0.39, 0.29) is 36.7 Å². The summed E-state index contributed by atoms with van der Waals surface area (Å²) >= 11 is 1.69. The number of benzene rings is 2. The number of carbonyl (C=O) groups is 2. The second-order valence-electron chi connectivity index (χ2n) is 10.5. The van der Waals surface area contributed by atoms with Gasteiger partial charge >= 0.3 is 0 Å². The Bertz CT molecular complexity index is 1290. The molecule has 2 atom stereocenters. The Labute approximate surface area is 233 Å². The molecular weight excluding hydrogens is 515 g/mol. The highest BCUT2D eigenvalue weighted by atomic mass is 32.1. The molecule has 6 nitrogen and oxygen atoms in total. The van der Waals surface area contributed by atoms with Crippen LogP contribution in [-0.2, 0) is 16.0 Å². The number of amides is 2. The third-order valence-corrected chi connectivity index (χ3v) is 8.53. The predicted octanol–water partition coefficient (Wildman–Crippen LogP) is 5.84. The summed E-state index contributed by atoms with van der Waals surface area (Å²) in [7, 11) is 0. The molecule has 0 saturated carbocycles. The van der Waals surface area contributed by atoms with Gasteiger partial charge in [-0.3, -0.25) is 9.59 Å². The Balaban J connectivity index is 1.34. The molecule has 3 aromatic rings. The van der Waals surface area contributed by atoms with E-state index in [1.807, 2.05) is 17.0 Å². The zero-order valence-electron chi connectivity index (χ0n) is 22.5. The largest absolute Gasteiger partial charge is 0.491 e. The smallest absolute Gasteiger partial charge is 0.257 e. The number of nitrogens with zero attached hydrogens (tertiary/aromatic N) is 2. The van der Waals surface area contributed by atoms with Gasteiger partial charge in [-0.1, -0.05) is 38.1 Å². The number of hydrogen-bond donors (Lipinski definition) is 0. The molecule has 0 bridgehead atoms. The average Bonchev–Trinajstić information content (AvgIpc) is 3.64. The van der Waals surface area contributed by atoms with Crippen LogP contribution < -0.4 is 4.74 Å². The van der Waals surface area contributed by atoms with Crippen LogP contribution in [0.5, 0.6) is 5.75 Å². The molecule has 3 heterocycles. The third-order valence-electron chi connectivity index (χ3n) is 7.54. The summed E-state index contributed by atoms with van der Waals surface area (Å²) in [4.78, 5) is 31.8. The van der Waals surface area contributed by atoms with Gasteiger partial charge in [-0.15, -0.1) is 11.3 Å². The van der Waals surface area contributed by atoms with E-state index in [1.54, 1.807) is 23.5 Å². The molecule has 2 unspecified atom stereocenters. The molecule has 2 aliphatic rings. The topological polar surface area (TPSA) is 59.1 Å². The van der Waals surface area contributed by atoms with Crippen molar-refractivity contribution in [1.82, 2.24) is 9.80 Å². The van der Waals surface area contributed by atoms with Crippen LogP contribution in [0.4, 0.5) is 4.39 Å². The molecule has 206 valence electrons. The van der Waals surface area contributed by atoms with Gasteiger partial charge in [-0.05, 0) is 72.0 Å². The van der Waals surface area contributed by atoms with Crippen molar-refractivity contribution in [2.75, 3.05) is 32.8 Å². The van der Waals surface area contributed by atoms with Crippen LogP contribution in [0.25, 0.3) is 0 Å². The van der Waals surface area contributed by atoms with Crippen molar-refractivity contribution in [1.29, 1.82) is 0 Å². The number of ether oxygens (including phenoxy) is 2. The van der Waals surface area contributed by atoms with E-state index in [1.165, 1.54) is 27.5 Å². The first-order valence-electron chi connectivity index (χ1n) is 13.6. The highest BCUT2D eigenvalue weighted by molar-refractivity contribution is 7.10. The van der Waals surface area contributed by atoms with E-state index in [2.05, 4.69) is 37.4 Å². The van der Waals surface area contributed by atoms with Gasteiger partial charge in [0.15, 0.2) is 0 Å². The van der Waals surface area contributed by atoms with E-state index >= 15 is 0 Å². The Morgan fingerprint density at radius 3 is 2.67 bits per heavy atom. The summed E-state index contributed by atoms with van der Waals surface area (Å²) in [5, 5.41) is 2.05. The zero-order valence-corrected chi connectivity index (χ0v) is 23.3. The first-order chi connectivity index (χ1) is 18.9. The van der Waals surface area contributed by atoms with Crippen LogP contribution in [-0.4, -0.2) is 60.6 Å². The summed E-state index contributed by atoms with van der Waals surface area (Å²) < 4.78 is 26.5. The van der Waals surface area contributed by atoms with Crippen molar-refractivity contribution in [2.24, 2.45) is 0 Å². The van der Waals surface area contributed by atoms with Gasteiger partial charge in [-0.25, -0.2) is 4.39 Å². The van der Waals surface area contributed by atoms with Crippen LogP contribution in [0.1, 0.15) is 65.0 Å². The van der Waals surface area contributed by atoms with E-state index in [0.29, 0.717) is 25.7 Å². The maximum Gasteiger partial charge on any atom is 0.257 e. The molecule has 2 aromatic carbocycles. The lowest BCUT2D eigenvalue weighted by Crippen LogP contribution is -2.49. The van der Waals surface area contributed by atoms with Gasteiger partial charge in [0.2, 0.25) is 5.91 Å². The van der Waals surface area contributed by atoms with Crippen LogP contribution in [0, 0.1) is 5.82 Å². The first kappa shape index (κ1) is 27.3. The minimum Gasteiger partial charge on any atom is -0.491 e. The van der Waals surface area contributed by atoms with Crippen LogP contribution in [0.3, 0.4) is 0 Å². The van der Waals surface area contributed by atoms with E-state index in [9.17, 15) is 14.0 Å². The molecule has 5 rings (SSSR count). The lowest BCUT2D eigenvalue weighted by atomic mass is 10.00. The van der Waals surface area contributed by atoms with Crippen LogP contribution in [0.15, 0.2) is 60.0 Å². The maximum absolute atomic E-state index is 14.5. The molecule has 8 heteroatoms. The van der Waals surface area contributed by atoms with Crippen LogP contribution >= 0.6 is 11.3 Å². The number of rotatable bonds is 9. The van der Waals surface area contributed by atoms with Crippen molar-refractivity contribution < 1.29 is 23.5 Å². The fourth-order valence-electron chi connectivity index (χ4n) is 5.31. The molecule has 1 aromatic heterocycles. The van der Waals surface area contributed by atoms with E-state index in [0.717, 1.165) is 30.6 Å². The third kappa shape index (κ3) is 6.34. The molecule has 2 aliphatic heterocycles. The minimum atomic E-state index is -0.595. The number of hydrogen-bond acceptors (Lipinski definition) is 5. The lowest BCUT2D eigenvalue weighted by molar-refractivity contribution is -0.135. The second-order valence-corrected chi connectivity index (χ2v) is 11.5. The number of thiophene rings is 1. The molecule has 0 aliphatic carbocycles. The monoisotopic (exact) mass is 550 g/mol. The maximum atomic E-state index is 14.5. The van der Waals surface area contributed by atoms with Crippen LogP contribution in [0.2, 0.25) is 0 Å². The fraction of sp³-hybridized carbons (Fsp3) is 0.419. The molecule has 1 fully saturated rings. The molecule has 0 N–H and O–H groups in total. The first-order valence-corrected chi connectivity index (χ1v) is 14.5. The standard InChI is InChI=1S/C31H35FN2O4S/c1-21(2)22-9-11-23(12-10-22)38-20-28-26-14-17-39-29(26)13-15-34(28)30(35)19-33(18-24-6-5-16-37-24)31(36)25-7-3-4-8-27(25)32/h3-4,7-12,14,17,21,24,28H,5-6,13,15-16,18-20H2,1-2H3. The van der Waals surface area contributed by atoms with Crippen molar-refractivity contribution in [3.8, 4) is 5.75 Å². The second kappa shape index (κ2) is 12.3. The number of halogens is 1. The highest BCUT2D eigenvalue weighted by Crippen LogP contribution is 2.34. The van der Waals surface area contributed by atoms with Gasteiger partial charge in [0, 0.05) is 24.6 Å². The fourth-order valence-corrected chi connectivity index (χ4v) is 6.24. The predicted molar refractivity (Wildman–Crippen MR) is 150 cm³/mol. The normalized spacial score (nSPS) is 18.7. The molecule has 39 heavy (non-hydrogen) atoms. The lowest BCUT2D eigenvalue weighted by Gasteiger charge is -2.37. The number of carbonyl (C=O) groups excluding carboxylic acids is 2. The quantitative estimate of drug-likeness (QED) is 0.336. The molecular formula is C31H35FN2O4S. The van der Waals surface area contributed by atoms with E-state index in [4.69, 9.17) is 9.47 Å².